The summed E-state index contributed by atoms with van der Waals surface area (Å²) in [4.78, 5) is 82.4. The first-order valence-corrected chi connectivity index (χ1v) is 17.0. The molecule has 51 heavy (non-hydrogen) atoms. The van der Waals surface area contributed by atoms with Crippen molar-refractivity contribution >= 4 is 46.5 Å². The van der Waals surface area contributed by atoms with E-state index in [-0.39, 0.29) is 44.4 Å². The number of aromatic hydroxyl groups is 1. The zero-order valence-corrected chi connectivity index (χ0v) is 28.6. The van der Waals surface area contributed by atoms with Crippen LogP contribution in [0.25, 0.3) is 10.9 Å². The van der Waals surface area contributed by atoms with Crippen LogP contribution in [0.2, 0.25) is 0 Å². The highest BCUT2D eigenvalue weighted by Crippen LogP contribution is 2.23. The zero-order valence-electron chi connectivity index (χ0n) is 28.6. The van der Waals surface area contributed by atoms with Gasteiger partial charge in [-0.2, -0.15) is 0 Å². The van der Waals surface area contributed by atoms with Crippen LogP contribution >= 0.6 is 0 Å². The Morgan fingerprint density at radius 3 is 2.31 bits per heavy atom. The number of rotatable bonds is 17. The van der Waals surface area contributed by atoms with Crippen LogP contribution in [-0.4, -0.2) is 97.5 Å². The number of nitrogens with one attached hydrogen (secondary N) is 4. The molecule has 1 aromatic heterocycles. The second-order valence-corrected chi connectivity index (χ2v) is 13.0. The van der Waals surface area contributed by atoms with Crippen LogP contribution in [0.4, 0.5) is 0 Å². The van der Waals surface area contributed by atoms with Gasteiger partial charge in [-0.1, -0.05) is 50.6 Å². The fraction of sp³-hybridized carbons (Fsp3) is 0.444. The minimum absolute atomic E-state index is 0.0173. The standard InChI is InChI=1S/C36H46N6O9/c1-3-20(2)31(35(49)42-16-6-9-29(42)34(48)40-28(36(50)51)17-21-10-12-23(43)13-11-21)41-33(47)27(39-32(46)25(37)14-15-30(44)45)18-22-19-38-26-8-5-4-7-24(22)26/h4-5,7-8,10-13,19-20,25,27-29,31,38,43H,3,6,9,14-18,37H2,1-2H3,(H,39,46)(H,40,48)(H,41,47)(H,44,45)(H,50,51)/t20-,25-,27-,28-,29-,31-/m0/s1. The molecule has 1 aliphatic rings. The van der Waals surface area contributed by atoms with Gasteiger partial charge in [0, 0.05) is 42.9 Å². The minimum Gasteiger partial charge on any atom is -0.508 e. The van der Waals surface area contributed by atoms with Crippen molar-refractivity contribution in [2.24, 2.45) is 11.7 Å². The number of carboxylic acids is 2. The maximum Gasteiger partial charge on any atom is 0.326 e. The summed E-state index contributed by atoms with van der Waals surface area (Å²) in [7, 11) is 0. The summed E-state index contributed by atoms with van der Waals surface area (Å²) in [5, 5.41) is 37.3. The Bertz CT molecular complexity index is 1730. The molecule has 15 nitrogen and oxygen atoms in total. The first kappa shape index (κ1) is 38.4. The lowest BCUT2D eigenvalue weighted by molar-refractivity contribution is -0.145. The lowest BCUT2D eigenvalue weighted by Crippen LogP contribution is -2.60. The topological polar surface area (TPSA) is 244 Å². The van der Waals surface area contributed by atoms with Crippen molar-refractivity contribution in [3.63, 3.8) is 0 Å². The van der Waals surface area contributed by atoms with Crippen molar-refractivity contribution in [2.75, 3.05) is 6.54 Å². The van der Waals surface area contributed by atoms with Gasteiger partial charge >= 0.3 is 11.9 Å². The third-order valence-corrected chi connectivity index (χ3v) is 9.34. The Hall–Kier alpha value is -5.44. The van der Waals surface area contributed by atoms with Gasteiger partial charge in [0.2, 0.25) is 23.6 Å². The molecule has 0 unspecified atom stereocenters. The number of H-pyrrole nitrogens is 1. The molecule has 2 aromatic carbocycles. The van der Waals surface area contributed by atoms with Crippen LogP contribution in [0.1, 0.15) is 57.1 Å². The molecule has 274 valence electrons. The van der Waals surface area contributed by atoms with Crippen molar-refractivity contribution < 1.29 is 44.1 Å². The number of aliphatic carboxylic acids is 2. The molecule has 6 atom stereocenters. The van der Waals surface area contributed by atoms with E-state index in [4.69, 9.17) is 10.8 Å². The fourth-order valence-corrected chi connectivity index (χ4v) is 6.17. The molecule has 0 bridgehead atoms. The molecule has 3 aromatic rings. The van der Waals surface area contributed by atoms with E-state index >= 15 is 0 Å². The summed E-state index contributed by atoms with van der Waals surface area (Å²) in [6.07, 6.45) is 2.47. The number of nitrogens with zero attached hydrogens (tertiary/aromatic N) is 1. The monoisotopic (exact) mass is 706 g/mol. The van der Waals surface area contributed by atoms with Crippen LogP contribution in [-0.2, 0) is 41.6 Å². The molecule has 0 radical (unpaired) electrons. The van der Waals surface area contributed by atoms with Crippen molar-refractivity contribution in [2.45, 2.75) is 89.0 Å². The molecular formula is C36H46N6O9. The number of fused-ring (bicyclic) bond motifs is 1. The van der Waals surface area contributed by atoms with E-state index in [1.165, 1.54) is 17.0 Å². The first-order chi connectivity index (χ1) is 24.3. The summed E-state index contributed by atoms with van der Waals surface area (Å²) < 4.78 is 0. The molecule has 4 rings (SSSR count). The maximum absolute atomic E-state index is 14.2. The van der Waals surface area contributed by atoms with Crippen LogP contribution in [0.3, 0.4) is 0 Å². The quantitative estimate of drug-likeness (QED) is 0.100. The summed E-state index contributed by atoms with van der Waals surface area (Å²) >= 11 is 0. The Morgan fingerprint density at radius 2 is 1.65 bits per heavy atom. The van der Waals surface area contributed by atoms with Gasteiger partial charge in [0.25, 0.3) is 0 Å². The molecule has 0 saturated carbocycles. The van der Waals surface area contributed by atoms with E-state index in [1.54, 1.807) is 25.3 Å². The van der Waals surface area contributed by atoms with Crippen molar-refractivity contribution in [3.8, 4) is 5.75 Å². The number of amides is 4. The van der Waals surface area contributed by atoms with Crippen LogP contribution < -0.4 is 21.7 Å². The lowest BCUT2D eigenvalue weighted by Gasteiger charge is -2.33. The number of nitrogens with two attached hydrogens (primary N) is 1. The van der Waals surface area contributed by atoms with Gasteiger partial charge in [0.1, 0.15) is 29.9 Å². The average Bonchev–Trinajstić information content (AvgIpc) is 3.77. The molecule has 1 saturated heterocycles. The number of benzene rings is 2. The van der Waals surface area contributed by atoms with Gasteiger partial charge in [-0.25, -0.2) is 4.79 Å². The average molecular weight is 707 g/mol. The fourth-order valence-electron chi connectivity index (χ4n) is 6.17. The van der Waals surface area contributed by atoms with Gasteiger partial charge < -0.3 is 46.9 Å². The predicted molar refractivity (Wildman–Crippen MR) is 186 cm³/mol. The van der Waals surface area contributed by atoms with Crippen molar-refractivity contribution in [3.05, 3.63) is 65.9 Å². The Kier molecular flexibility index (Phi) is 13.1. The molecule has 0 aliphatic carbocycles. The summed E-state index contributed by atoms with van der Waals surface area (Å²) in [6, 6.07) is 7.61. The van der Waals surface area contributed by atoms with E-state index in [0.717, 1.165) is 10.9 Å². The minimum atomic E-state index is -1.29. The number of phenolic OH excluding ortho intramolecular Hbond substituents is 1. The lowest BCUT2D eigenvalue weighted by atomic mass is 9.96. The summed E-state index contributed by atoms with van der Waals surface area (Å²) in [5.41, 5.74) is 8.08. The second kappa shape index (κ2) is 17.5. The highest BCUT2D eigenvalue weighted by atomic mass is 16.4. The third kappa shape index (κ3) is 10.1. The molecule has 9 N–H and O–H groups in total. The number of carbonyl (C=O) groups is 6. The second-order valence-electron chi connectivity index (χ2n) is 13.0. The number of phenols is 1. The number of hydrogen-bond donors (Lipinski definition) is 8. The van der Waals surface area contributed by atoms with Gasteiger partial charge in [0.05, 0.1) is 6.04 Å². The molecule has 1 aliphatic heterocycles. The van der Waals surface area contributed by atoms with Gasteiger partial charge in [0.15, 0.2) is 0 Å². The number of carbonyl (C=O) groups excluding carboxylic acids is 4. The molecule has 2 heterocycles. The van der Waals surface area contributed by atoms with Gasteiger partial charge in [-0.15, -0.1) is 0 Å². The van der Waals surface area contributed by atoms with E-state index in [1.807, 2.05) is 31.2 Å². The number of para-hydroxylation sites is 1. The zero-order chi connectivity index (χ0) is 37.2. The van der Waals surface area contributed by atoms with E-state index in [2.05, 4.69) is 20.9 Å². The smallest absolute Gasteiger partial charge is 0.326 e. The Balaban J connectivity index is 1.53. The van der Waals surface area contributed by atoms with E-state index in [0.29, 0.717) is 24.0 Å². The molecule has 4 amide bonds. The SMILES string of the molecule is CC[C@H](C)[C@H](NC(=O)[C@H](Cc1c[nH]c2ccccc12)NC(=O)[C@@H](N)CCC(=O)O)C(=O)N1CCC[C@H]1C(=O)N[C@@H](Cc1ccc(O)cc1)C(=O)O. The number of aromatic nitrogens is 1. The number of aromatic amines is 1. The normalized spacial score (nSPS) is 17.2. The van der Waals surface area contributed by atoms with Crippen LogP contribution in [0.15, 0.2) is 54.7 Å². The number of carboxylic acid groups (broad SMARTS) is 2. The number of likely N-dealkylation sites (tertiary alicyclic amines) is 1. The highest BCUT2D eigenvalue weighted by molar-refractivity contribution is 5.96. The molecule has 0 spiro atoms. The van der Waals surface area contributed by atoms with E-state index in [9.17, 15) is 39.0 Å². The highest BCUT2D eigenvalue weighted by Gasteiger charge is 2.41. The first-order valence-electron chi connectivity index (χ1n) is 17.0. The largest absolute Gasteiger partial charge is 0.508 e. The molecular weight excluding hydrogens is 660 g/mol. The van der Waals surface area contributed by atoms with E-state index < -0.39 is 71.7 Å². The Labute approximate surface area is 295 Å². The predicted octanol–water partition coefficient (Wildman–Crippen LogP) is 1.43. The van der Waals surface area contributed by atoms with Crippen molar-refractivity contribution in [1.82, 2.24) is 25.8 Å². The van der Waals surface area contributed by atoms with Crippen molar-refractivity contribution in [1.29, 1.82) is 0 Å². The third-order valence-electron chi connectivity index (χ3n) is 9.34. The maximum atomic E-state index is 14.2. The van der Waals surface area contributed by atoms with Gasteiger partial charge in [-0.3, -0.25) is 24.0 Å². The summed E-state index contributed by atoms with van der Waals surface area (Å²) in [6.45, 7) is 3.84. The van der Waals surface area contributed by atoms with Crippen LogP contribution in [0.5, 0.6) is 5.75 Å². The molecule has 1 fully saturated rings. The van der Waals surface area contributed by atoms with Crippen LogP contribution in [0, 0.1) is 5.92 Å². The summed E-state index contributed by atoms with van der Waals surface area (Å²) in [5.74, 6) is -5.30. The number of hydrogen-bond acceptors (Lipinski definition) is 8. The Morgan fingerprint density at radius 1 is 0.941 bits per heavy atom. The van der Waals surface area contributed by atoms with Gasteiger partial charge in [-0.05, 0) is 54.5 Å². The molecule has 15 heteroatoms.